The van der Waals surface area contributed by atoms with Crippen molar-refractivity contribution in [1.29, 1.82) is 0 Å². The van der Waals surface area contributed by atoms with Gasteiger partial charge < -0.3 is 5.32 Å². The van der Waals surface area contributed by atoms with Crippen molar-refractivity contribution in [3.8, 4) is 0 Å². The molecule has 1 N–H and O–H groups in total. The number of halogens is 1. The molecule has 2 rings (SSSR count). The molecule has 0 spiro atoms. The molecule has 0 aliphatic heterocycles. The predicted molar refractivity (Wildman–Crippen MR) is 95.1 cm³/mol. The minimum absolute atomic E-state index is 0.356. The topological polar surface area (TPSA) is 33.1 Å². The smallest absolute Gasteiger partial charge is 0.204 e. The molecule has 0 fully saturated rings. The fourth-order valence-corrected chi connectivity index (χ4v) is 4.08. The average molecular weight is 363 g/mol. The van der Waals surface area contributed by atoms with Crippen molar-refractivity contribution in [1.82, 2.24) is 14.7 Å². The molecule has 21 heavy (non-hydrogen) atoms. The second kappa shape index (κ2) is 7.69. The van der Waals surface area contributed by atoms with Crippen LogP contribution in [0.5, 0.6) is 0 Å². The van der Waals surface area contributed by atoms with E-state index in [1.54, 1.807) is 11.3 Å². The van der Waals surface area contributed by atoms with Crippen LogP contribution in [-0.2, 0) is 13.2 Å². The number of nitrogens with zero attached hydrogens (tertiary/aromatic N) is 3. The summed E-state index contributed by atoms with van der Waals surface area (Å²) in [7, 11) is 0. The fraction of sp³-hybridized carbons (Fsp3) is 0.538. The lowest BCUT2D eigenvalue weighted by Gasteiger charge is -2.19. The minimum Gasteiger partial charge on any atom is -0.358 e. The molecule has 0 saturated heterocycles. The Morgan fingerprint density at radius 2 is 2.19 bits per heavy atom. The number of hydrogen-bond donors (Lipinski definition) is 1. The first-order chi connectivity index (χ1) is 9.97. The second-order valence-corrected chi connectivity index (χ2v) is 8.39. The van der Waals surface area contributed by atoms with E-state index in [1.807, 2.05) is 10.7 Å². The number of thiophene rings is 1. The standard InChI is InChI=1S/C13H19ClN4S3/c1-4-17(7-10-5-6-11(14)20-10)8-18-13(19)21-12(16-18)15-9(2)3/h5-6,9H,4,7-8H2,1-3H3,(H,15,16). The molecule has 0 aliphatic carbocycles. The molecular formula is C13H19ClN4S3. The van der Waals surface area contributed by atoms with Crippen molar-refractivity contribution >= 4 is 51.6 Å². The summed E-state index contributed by atoms with van der Waals surface area (Å²) >= 11 is 14.5. The van der Waals surface area contributed by atoms with Crippen molar-refractivity contribution < 1.29 is 0 Å². The predicted octanol–water partition coefficient (Wildman–Crippen LogP) is 4.69. The van der Waals surface area contributed by atoms with Crippen LogP contribution in [0.1, 0.15) is 25.6 Å². The molecular weight excluding hydrogens is 344 g/mol. The Labute approximate surface area is 143 Å². The van der Waals surface area contributed by atoms with Crippen LogP contribution < -0.4 is 5.32 Å². The molecule has 0 bridgehead atoms. The monoisotopic (exact) mass is 362 g/mol. The zero-order chi connectivity index (χ0) is 15.4. The quantitative estimate of drug-likeness (QED) is 0.724. The van der Waals surface area contributed by atoms with Gasteiger partial charge in [0.25, 0.3) is 0 Å². The Balaban J connectivity index is 2.04. The maximum Gasteiger partial charge on any atom is 0.204 e. The van der Waals surface area contributed by atoms with Crippen LogP contribution in [0.15, 0.2) is 12.1 Å². The molecule has 0 radical (unpaired) electrons. The van der Waals surface area contributed by atoms with E-state index in [1.165, 1.54) is 16.2 Å². The van der Waals surface area contributed by atoms with E-state index in [9.17, 15) is 0 Å². The van der Waals surface area contributed by atoms with Crippen molar-refractivity contribution in [2.45, 2.75) is 40.0 Å². The molecule has 0 aromatic carbocycles. The van der Waals surface area contributed by atoms with Gasteiger partial charge in [0.15, 0.2) is 3.95 Å². The van der Waals surface area contributed by atoms with Crippen LogP contribution in [-0.4, -0.2) is 27.3 Å². The number of rotatable bonds is 7. The zero-order valence-electron chi connectivity index (χ0n) is 12.3. The molecule has 0 saturated carbocycles. The first-order valence-electron chi connectivity index (χ1n) is 6.79. The van der Waals surface area contributed by atoms with Crippen LogP contribution in [0, 0.1) is 3.95 Å². The van der Waals surface area contributed by atoms with Gasteiger partial charge in [-0.25, -0.2) is 4.68 Å². The third-order valence-corrected chi connectivity index (χ3v) is 5.26. The van der Waals surface area contributed by atoms with Gasteiger partial charge >= 0.3 is 0 Å². The third kappa shape index (κ3) is 5.03. The molecule has 2 aromatic heterocycles. The summed E-state index contributed by atoms with van der Waals surface area (Å²) in [6.45, 7) is 8.81. The summed E-state index contributed by atoms with van der Waals surface area (Å²) in [5.41, 5.74) is 0. The summed E-state index contributed by atoms with van der Waals surface area (Å²) in [6, 6.07) is 4.37. The van der Waals surface area contributed by atoms with Gasteiger partial charge in [0.2, 0.25) is 5.13 Å². The lowest BCUT2D eigenvalue weighted by Crippen LogP contribution is -2.26. The number of anilines is 1. The van der Waals surface area contributed by atoms with Gasteiger partial charge in [0.1, 0.15) is 0 Å². The molecule has 2 aromatic rings. The molecule has 0 atom stereocenters. The highest BCUT2D eigenvalue weighted by atomic mass is 35.5. The number of hydrogen-bond acceptors (Lipinski definition) is 6. The first-order valence-corrected chi connectivity index (χ1v) is 9.21. The van der Waals surface area contributed by atoms with E-state index in [2.05, 4.69) is 42.2 Å². The molecule has 2 heterocycles. The molecule has 0 unspecified atom stereocenters. The Morgan fingerprint density at radius 1 is 1.43 bits per heavy atom. The lowest BCUT2D eigenvalue weighted by atomic mass is 10.4. The van der Waals surface area contributed by atoms with Crippen LogP contribution in [0.3, 0.4) is 0 Å². The van der Waals surface area contributed by atoms with Crippen molar-refractivity contribution in [2.24, 2.45) is 0 Å². The summed E-state index contributed by atoms with van der Waals surface area (Å²) in [6.07, 6.45) is 0. The van der Waals surface area contributed by atoms with Crippen molar-refractivity contribution in [3.63, 3.8) is 0 Å². The largest absolute Gasteiger partial charge is 0.358 e. The van der Waals surface area contributed by atoms with Crippen LogP contribution in [0.4, 0.5) is 5.13 Å². The summed E-state index contributed by atoms with van der Waals surface area (Å²) in [5.74, 6) is 0. The maximum atomic E-state index is 5.98. The van der Waals surface area contributed by atoms with Gasteiger partial charge in [-0.15, -0.1) is 16.4 Å². The minimum atomic E-state index is 0.356. The van der Waals surface area contributed by atoms with Crippen LogP contribution >= 0.6 is 46.5 Å². The molecule has 8 heteroatoms. The van der Waals surface area contributed by atoms with Gasteiger partial charge in [-0.05, 0) is 44.7 Å². The Morgan fingerprint density at radius 3 is 2.76 bits per heavy atom. The Hall–Kier alpha value is -0.470. The van der Waals surface area contributed by atoms with Gasteiger partial charge in [-0.2, -0.15) is 0 Å². The highest BCUT2D eigenvalue weighted by Crippen LogP contribution is 2.23. The maximum absolute atomic E-state index is 5.98. The third-order valence-electron chi connectivity index (χ3n) is 2.81. The van der Waals surface area contributed by atoms with Crippen molar-refractivity contribution in [2.75, 3.05) is 11.9 Å². The van der Waals surface area contributed by atoms with E-state index in [4.69, 9.17) is 23.8 Å². The fourth-order valence-electron chi connectivity index (χ4n) is 1.81. The van der Waals surface area contributed by atoms with E-state index in [0.717, 1.165) is 26.5 Å². The van der Waals surface area contributed by atoms with E-state index >= 15 is 0 Å². The van der Waals surface area contributed by atoms with Crippen LogP contribution in [0.2, 0.25) is 4.34 Å². The average Bonchev–Trinajstić information content (AvgIpc) is 2.95. The SMILES string of the molecule is CCN(Cc1ccc(Cl)s1)Cn1nc(NC(C)C)sc1=S. The number of nitrogens with one attached hydrogen (secondary N) is 1. The first kappa shape index (κ1) is 16.9. The summed E-state index contributed by atoms with van der Waals surface area (Å²) < 4.78 is 3.50. The molecule has 0 aliphatic rings. The molecule has 4 nitrogen and oxygen atoms in total. The molecule has 0 amide bonds. The normalized spacial score (nSPS) is 11.5. The second-order valence-electron chi connectivity index (χ2n) is 4.96. The Kier molecular flexibility index (Phi) is 6.19. The van der Waals surface area contributed by atoms with Crippen LogP contribution in [0.25, 0.3) is 0 Å². The van der Waals surface area contributed by atoms with Gasteiger partial charge in [-0.3, -0.25) is 4.90 Å². The summed E-state index contributed by atoms with van der Waals surface area (Å²) in [5, 5.41) is 8.72. The van der Waals surface area contributed by atoms with E-state index in [0.29, 0.717) is 12.7 Å². The Bertz CT molecular complexity index is 631. The molecule has 116 valence electrons. The van der Waals surface area contributed by atoms with Gasteiger partial charge in [0.05, 0.1) is 11.0 Å². The lowest BCUT2D eigenvalue weighted by molar-refractivity contribution is 0.210. The summed E-state index contributed by atoms with van der Waals surface area (Å²) in [4.78, 5) is 3.54. The van der Waals surface area contributed by atoms with Crippen molar-refractivity contribution in [3.05, 3.63) is 25.3 Å². The van der Waals surface area contributed by atoms with E-state index in [-0.39, 0.29) is 0 Å². The van der Waals surface area contributed by atoms with Gasteiger partial charge in [0, 0.05) is 17.5 Å². The van der Waals surface area contributed by atoms with E-state index < -0.39 is 0 Å². The van der Waals surface area contributed by atoms with Gasteiger partial charge in [-0.1, -0.05) is 29.9 Å². The number of aromatic nitrogens is 2. The highest BCUT2D eigenvalue weighted by molar-refractivity contribution is 7.73. The zero-order valence-corrected chi connectivity index (χ0v) is 15.5. The highest BCUT2D eigenvalue weighted by Gasteiger charge is 2.10.